The van der Waals surface area contributed by atoms with E-state index < -0.39 is 128 Å². The van der Waals surface area contributed by atoms with Crippen molar-refractivity contribution < 1.29 is 58.2 Å². The van der Waals surface area contributed by atoms with E-state index in [9.17, 15) is 58.2 Å². The van der Waals surface area contributed by atoms with E-state index in [0.29, 0.717) is 12.8 Å². The number of carboxylic acids is 1. The van der Waals surface area contributed by atoms with Gasteiger partial charge < -0.3 is 69.5 Å². The standard InChI is InChI=1S/C34H61N11O12/c1-17(2)11-22(34(56)57)43-30(52)20(6)41-32(54)23(16-46)44-31(53)21(9-7-8-10-35)42-26(49)15-39-33(55)28(18(3)4)45-27(50)14-37-25(48)13-38-29(51)19(5)40-24(47)12-36/h17-23,28,46H,7-16,35-36H2,1-6H3,(H,37,48)(H,38,51)(H,39,55)(H,40,47)(H,41,54)(H,42,49)(H,43,52)(H,44,53)(H,45,50)(H,56,57)/t19-,20-,21-,22-,23-,28-/m0/s1. The maximum Gasteiger partial charge on any atom is 0.326 e. The molecule has 57 heavy (non-hydrogen) atoms. The summed E-state index contributed by atoms with van der Waals surface area (Å²) in [6, 6.07) is -7.38. The van der Waals surface area contributed by atoms with E-state index in [2.05, 4.69) is 47.9 Å². The summed E-state index contributed by atoms with van der Waals surface area (Å²) in [7, 11) is 0. The van der Waals surface area contributed by atoms with Gasteiger partial charge >= 0.3 is 5.97 Å². The van der Waals surface area contributed by atoms with Crippen molar-refractivity contribution in [2.24, 2.45) is 23.3 Å². The Morgan fingerprint density at radius 2 is 1.05 bits per heavy atom. The van der Waals surface area contributed by atoms with Crippen LogP contribution in [0.5, 0.6) is 0 Å². The van der Waals surface area contributed by atoms with E-state index >= 15 is 0 Å². The quantitative estimate of drug-likeness (QED) is 0.0344. The third-order valence-corrected chi connectivity index (χ3v) is 8.00. The lowest BCUT2D eigenvalue weighted by molar-refractivity contribution is -0.142. The summed E-state index contributed by atoms with van der Waals surface area (Å²) < 4.78 is 0. The molecule has 23 heteroatoms. The molecule has 0 radical (unpaired) electrons. The highest BCUT2D eigenvalue weighted by atomic mass is 16.4. The first-order chi connectivity index (χ1) is 26.7. The van der Waals surface area contributed by atoms with Gasteiger partial charge in [0.1, 0.15) is 36.3 Å². The van der Waals surface area contributed by atoms with E-state index in [1.165, 1.54) is 13.8 Å². The van der Waals surface area contributed by atoms with Gasteiger partial charge in [-0.05, 0) is 57.9 Å². The molecule has 0 aliphatic rings. The van der Waals surface area contributed by atoms with Crippen LogP contribution < -0.4 is 59.3 Å². The lowest BCUT2D eigenvalue weighted by Crippen LogP contribution is -2.58. The number of nitrogens with two attached hydrogens (primary N) is 2. The van der Waals surface area contributed by atoms with Crippen molar-refractivity contribution in [3.05, 3.63) is 0 Å². The van der Waals surface area contributed by atoms with Crippen LogP contribution in [0.2, 0.25) is 0 Å². The monoisotopic (exact) mass is 815 g/mol. The maximum atomic E-state index is 13.2. The number of hydrogen-bond donors (Lipinski definition) is 13. The minimum absolute atomic E-state index is 0.0522. The Kier molecular flexibility index (Phi) is 24.6. The van der Waals surface area contributed by atoms with Gasteiger partial charge in [0.25, 0.3) is 0 Å². The molecule has 0 fully saturated rings. The second-order valence-corrected chi connectivity index (χ2v) is 13.9. The summed E-state index contributed by atoms with van der Waals surface area (Å²) in [6.45, 7) is 6.79. The van der Waals surface area contributed by atoms with Crippen LogP contribution in [0.3, 0.4) is 0 Å². The Morgan fingerprint density at radius 3 is 1.60 bits per heavy atom. The second-order valence-electron chi connectivity index (χ2n) is 13.9. The molecule has 0 heterocycles. The first-order valence-corrected chi connectivity index (χ1v) is 18.5. The summed E-state index contributed by atoms with van der Waals surface area (Å²) in [5, 5.41) is 40.4. The van der Waals surface area contributed by atoms with E-state index in [1.807, 2.05) is 0 Å². The van der Waals surface area contributed by atoms with Gasteiger partial charge in [-0.1, -0.05) is 27.7 Å². The molecule has 0 aromatic heterocycles. The van der Waals surface area contributed by atoms with E-state index in [4.69, 9.17) is 11.5 Å². The van der Waals surface area contributed by atoms with Gasteiger partial charge in [0.2, 0.25) is 53.2 Å². The molecule has 23 nitrogen and oxygen atoms in total. The summed E-state index contributed by atoms with van der Waals surface area (Å²) in [4.78, 5) is 124. The lowest BCUT2D eigenvalue weighted by atomic mass is 10.0. The number of hydrogen-bond acceptors (Lipinski definition) is 13. The SMILES string of the molecule is CC(C)C[C@H](NC(=O)[C@H](C)NC(=O)[C@H](CO)NC(=O)[C@H](CCCCN)NC(=O)CNC(=O)[C@@H](NC(=O)CNC(=O)CNC(=O)[C@H](C)NC(=O)CN)C(C)C)C(=O)O. The molecule has 15 N–H and O–H groups in total. The molecular formula is C34H61N11O12. The number of aliphatic carboxylic acids is 1. The Balaban J connectivity index is 5.28. The van der Waals surface area contributed by atoms with Crippen LogP contribution in [0.4, 0.5) is 0 Å². The highest BCUT2D eigenvalue weighted by Crippen LogP contribution is 2.06. The van der Waals surface area contributed by atoms with Crippen molar-refractivity contribution in [1.82, 2.24) is 47.9 Å². The minimum Gasteiger partial charge on any atom is -0.480 e. The number of carbonyl (C=O) groups is 10. The van der Waals surface area contributed by atoms with Crippen molar-refractivity contribution >= 4 is 59.1 Å². The van der Waals surface area contributed by atoms with Crippen molar-refractivity contribution in [2.45, 2.75) is 103 Å². The third-order valence-electron chi connectivity index (χ3n) is 8.00. The first kappa shape index (κ1) is 51.6. The second kappa shape index (κ2) is 27.2. The van der Waals surface area contributed by atoms with Crippen LogP contribution in [-0.2, 0) is 47.9 Å². The Bertz CT molecular complexity index is 1410. The fourth-order valence-corrected chi connectivity index (χ4v) is 4.81. The summed E-state index contributed by atoms with van der Waals surface area (Å²) in [5.41, 5.74) is 10.7. The average molecular weight is 816 g/mol. The van der Waals surface area contributed by atoms with E-state index in [0.717, 1.165) is 0 Å². The molecular weight excluding hydrogens is 754 g/mol. The largest absolute Gasteiger partial charge is 0.480 e. The fourth-order valence-electron chi connectivity index (χ4n) is 4.81. The zero-order valence-electron chi connectivity index (χ0n) is 33.3. The number of aliphatic hydroxyl groups excluding tert-OH is 1. The Labute approximate surface area is 331 Å². The maximum absolute atomic E-state index is 13.2. The number of amides is 9. The number of nitrogens with one attached hydrogen (secondary N) is 9. The van der Waals surface area contributed by atoms with Gasteiger partial charge in [0, 0.05) is 0 Å². The molecule has 0 aromatic rings. The van der Waals surface area contributed by atoms with Crippen molar-refractivity contribution in [2.75, 3.05) is 39.3 Å². The van der Waals surface area contributed by atoms with Crippen LogP contribution in [0.15, 0.2) is 0 Å². The number of carboxylic acid groups (broad SMARTS) is 1. The predicted molar refractivity (Wildman–Crippen MR) is 203 cm³/mol. The van der Waals surface area contributed by atoms with Crippen LogP contribution in [0.25, 0.3) is 0 Å². The summed E-state index contributed by atoms with van der Waals surface area (Å²) >= 11 is 0. The van der Waals surface area contributed by atoms with Gasteiger partial charge in [-0.15, -0.1) is 0 Å². The zero-order chi connectivity index (χ0) is 43.8. The van der Waals surface area contributed by atoms with Crippen LogP contribution >= 0.6 is 0 Å². The number of unbranched alkanes of at least 4 members (excludes halogenated alkanes) is 1. The summed E-state index contributed by atoms with van der Waals surface area (Å²) in [6.07, 6.45) is 1.03. The number of rotatable bonds is 27. The van der Waals surface area contributed by atoms with Crippen molar-refractivity contribution in [3.63, 3.8) is 0 Å². The number of aliphatic hydroxyl groups is 1. The van der Waals surface area contributed by atoms with Gasteiger partial charge in [-0.3, -0.25) is 43.2 Å². The highest BCUT2D eigenvalue weighted by molar-refractivity contribution is 5.96. The molecule has 0 rings (SSSR count). The summed E-state index contributed by atoms with van der Waals surface area (Å²) in [5.74, 6) is -8.75. The zero-order valence-corrected chi connectivity index (χ0v) is 33.3. The molecule has 0 saturated carbocycles. The minimum atomic E-state index is -1.56. The lowest BCUT2D eigenvalue weighted by Gasteiger charge is -2.24. The molecule has 0 saturated heterocycles. The van der Waals surface area contributed by atoms with Gasteiger partial charge in [-0.2, -0.15) is 0 Å². The molecule has 6 atom stereocenters. The molecule has 0 spiro atoms. The molecule has 0 aromatic carbocycles. The molecule has 0 bridgehead atoms. The van der Waals surface area contributed by atoms with E-state index in [-0.39, 0.29) is 31.8 Å². The fraction of sp³-hybridized carbons (Fsp3) is 0.706. The Hall–Kier alpha value is -5.42. The molecule has 0 aliphatic carbocycles. The van der Waals surface area contributed by atoms with Gasteiger partial charge in [0.05, 0.1) is 32.8 Å². The Morgan fingerprint density at radius 1 is 0.526 bits per heavy atom. The van der Waals surface area contributed by atoms with Gasteiger partial charge in [-0.25, -0.2) is 4.79 Å². The van der Waals surface area contributed by atoms with Crippen LogP contribution in [-0.4, -0.2) is 145 Å². The highest BCUT2D eigenvalue weighted by Gasteiger charge is 2.30. The molecule has 0 aliphatic heterocycles. The normalized spacial score (nSPS) is 14.0. The van der Waals surface area contributed by atoms with Crippen molar-refractivity contribution in [1.29, 1.82) is 0 Å². The third kappa shape index (κ3) is 21.5. The topological polar surface area (TPSA) is 371 Å². The van der Waals surface area contributed by atoms with Gasteiger partial charge in [0.15, 0.2) is 0 Å². The van der Waals surface area contributed by atoms with E-state index in [1.54, 1.807) is 27.7 Å². The molecule has 324 valence electrons. The van der Waals surface area contributed by atoms with Crippen LogP contribution in [0.1, 0.15) is 67.2 Å². The average Bonchev–Trinajstić information content (AvgIpc) is 3.14. The smallest absolute Gasteiger partial charge is 0.326 e. The van der Waals surface area contributed by atoms with Crippen molar-refractivity contribution in [3.8, 4) is 0 Å². The van der Waals surface area contributed by atoms with Crippen LogP contribution in [0, 0.1) is 11.8 Å². The number of carbonyl (C=O) groups excluding carboxylic acids is 9. The first-order valence-electron chi connectivity index (χ1n) is 18.5. The predicted octanol–water partition coefficient (Wildman–Crippen LogP) is -5.85. The molecule has 9 amide bonds. The molecule has 0 unspecified atom stereocenters.